The Morgan fingerprint density at radius 3 is 2.46 bits per heavy atom. The largest absolute Gasteiger partial charge is 0.334 e. The molecular formula is C22H28N2O3S. The molecule has 2 aromatic carbocycles. The average Bonchev–Trinajstić information content (AvgIpc) is 3.20. The topological polar surface area (TPSA) is 66.5 Å². The van der Waals surface area contributed by atoms with Gasteiger partial charge in [-0.25, -0.2) is 13.1 Å². The Morgan fingerprint density at radius 2 is 1.79 bits per heavy atom. The molecule has 1 saturated carbocycles. The summed E-state index contributed by atoms with van der Waals surface area (Å²) in [5, 5.41) is 0. The minimum atomic E-state index is -3.62. The first kappa shape index (κ1) is 20.6. The molecule has 1 fully saturated rings. The van der Waals surface area contributed by atoms with Gasteiger partial charge in [-0.2, -0.15) is 0 Å². The summed E-state index contributed by atoms with van der Waals surface area (Å²) in [5.74, 6) is -0.149. The van der Waals surface area contributed by atoms with Crippen LogP contribution in [0.5, 0.6) is 0 Å². The SMILES string of the molecule is CCCN(Cc1ccccc1)C(=O)c1cccc(S(=O)(=O)NC2CCCC2)c1. The third kappa shape index (κ3) is 5.20. The van der Waals surface area contributed by atoms with Crippen molar-refractivity contribution in [1.82, 2.24) is 9.62 Å². The lowest BCUT2D eigenvalue weighted by Gasteiger charge is -2.23. The Hall–Kier alpha value is -2.18. The normalized spacial score (nSPS) is 14.9. The number of carbonyl (C=O) groups is 1. The fourth-order valence-electron chi connectivity index (χ4n) is 3.64. The average molecular weight is 401 g/mol. The van der Waals surface area contributed by atoms with Crippen LogP contribution in [0, 0.1) is 0 Å². The third-order valence-corrected chi connectivity index (χ3v) is 6.58. The molecule has 0 spiro atoms. The monoisotopic (exact) mass is 400 g/mol. The number of hydrogen-bond acceptors (Lipinski definition) is 3. The molecule has 0 atom stereocenters. The molecule has 1 amide bonds. The zero-order valence-corrected chi connectivity index (χ0v) is 17.1. The predicted molar refractivity (Wildman–Crippen MR) is 110 cm³/mol. The summed E-state index contributed by atoms with van der Waals surface area (Å²) in [6.07, 6.45) is 4.69. The van der Waals surface area contributed by atoms with Gasteiger partial charge in [0.1, 0.15) is 0 Å². The highest BCUT2D eigenvalue weighted by molar-refractivity contribution is 7.89. The molecule has 0 unspecified atom stereocenters. The molecule has 0 aromatic heterocycles. The van der Waals surface area contributed by atoms with Crippen molar-refractivity contribution in [2.24, 2.45) is 0 Å². The van der Waals surface area contributed by atoms with E-state index < -0.39 is 10.0 Å². The van der Waals surface area contributed by atoms with Crippen molar-refractivity contribution in [2.75, 3.05) is 6.54 Å². The maximum Gasteiger partial charge on any atom is 0.254 e. The van der Waals surface area contributed by atoms with Crippen molar-refractivity contribution in [2.45, 2.75) is 56.5 Å². The van der Waals surface area contributed by atoms with Gasteiger partial charge in [0.25, 0.3) is 5.91 Å². The van der Waals surface area contributed by atoms with Crippen molar-refractivity contribution >= 4 is 15.9 Å². The second kappa shape index (κ2) is 9.34. The fourth-order valence-corrected chi connectivity index (χ4v) is 4.99. The Balaban J connectivity index is 1.79. The molecular weight excluding hydrogens is 372 g/mol. The molecule has 0 radical (unpaired) electrons. The Labute approximate surface area is 167 Å². The number of amides is 1. The van der Waals surface area contributed by atoms with E-state index in [2.05, 4.69) is 4.72 Å². The smallest absolute Gasteiger partial charge is 0.254 e. The molecule has 5 nitrogen and oxygen atoms in total. The van der Waals surface area contributed by atoms with E-state index in [1.165, 1.54) is 6.07 Å². The van der Waals surface area contributed by atoms with Gasteiger partial charge >= 0.3 is 0 Å². The Bertz CT molecular complexity index is 891. The van der Waals surface area contributed by atoms with E-state index in [0.29, 0.717) is 18.7 Å². The second-order valence-corrected chi connectivity index (χ2v) is 9.06. The van der Waals surface area contributed by atoms with Crippen LogP contribution in [0.25, 0.3) is 0 Å². The number of nitrogens with zero attached hydrogens (tertiary/aromatic N) is 1. The Morgan fingerprint density at radius 1 is 1.07 bits per heavy atom. The Kier molecular flexibility index (Phi) is 6.86. The number of benzene rings is 2. The summed E-state index contributed by atoms with van der Waals surface area (Å²) < 4.78 is 28.2. The summed E-state index contributed by atoms with van der Waals surface area (Å²) in [6.45, 7) is 3.15. The van der Waals surface area contributed by atoms with Gasteiger partial charge in [0.15, 0.2) is 0 Å². The highest BCUT2D eigenvalue weighted by atomic mass is 32.2. The van der Waals surface area contributed by atoms with Crippen LogP contribution in [0.2, 0.25) is 0 Å². The predicted octanol–water partition coefficient (Wildman–Crippen LogP) is 3.96. The maximum absolute atomic E-state index is 13.1. The van der Waals surface area contributed by atoms with Gasteiger partial charge in [-0.05, 0) is 43.0 Å². The molecule has 6 heteroatoms. The minimum Gasteiger partial charge on any atom is -0.334 e. The lowest BCUT2D eigenvalue weighted by atomic mass is 10.1. The van der Waals surface area contributed by atoms with Gasteiger partial charge in [-0.15, -0.1) is 0 Å². The molecule has 150 valence electrons. The van der Waals surface area contributed by atoms with E-state index in [1.807, 2.05) is 37.3 Å². The lowest BCUT2D eigenvalue weighted by molar-refractivity contribution is 0.0743. The number of carbonyl (C=O) groups excluding carboxylic acids is 1. The van der Waals surface area contributed by atoms with Gasteiger partial charge in [-0.3, -0.25) is 4.79 Å². The van der Waals surface area contributed by atoms with Crippen LogP contribution in [0.15, 0.2) is 59.5 Å². The summed E-state index contributed by atoms with van der Waals surface area (Å²) >= 11 is 0. The standard InChI is InChI=1S/C22H28N2O3S/c1-2-15-24(17-18-9-4-3-5-10-18)22(25)19-11-8-14-21(16-19)28(26,27)23-20-12-6-7-13-20/h3-5,8-11,14,16,20,23H,2,6-7,12-13,15,17H2,1H3. The van der Waals surface area contributed by atoms with E-state index in [0.717, 1.165) is 37.7 Å². The van der Waals surface area contributed by atoms with E-state index >= 15 is 0 Å². The van der Waals surface area contributed by atoms with Crippen LogP contribution in [-0.4, -0.2) is 31.8 Å². The van der Waals surface area contributed by atoms with Crippen LogP contribution in [0.4, 0.5) is 0 Å². The molecule has 0 aliphatic heterocycles. The summed E-state index contributed by atoms with van der Waals surface area (Å²) in [4.78, 5) is 15.0. The highest BCUT2D eigenvalue weighted by Crippen LogP contribution is 2.21. The van der Waals surface area contributed by atoms with Crippen molar-refractivity contribution in [3.05, 3.63) is 65.7 Å². The van der Waals surface area contributed by atoms with Gasteiger partial charge in [0, 0.05) is 24.7 Å². The fraction of sp³-hybridized carbons (Fsp3) is 0.409. The highest BCUT2D eigenvalue weighted by Gasteiger charge is 2.24. The lowest BCUT2D eigenvalue weighted by Crippen LogP contribution is -2.33. The second-order valence-electron chi connectivity index (χ2n) is 7.34. The number of sulfonamides is 1. The van der Waals surface area contributed by atoms with Crippen molar-refractivity contribution in [1.29, 1.82) is 0 Å². The van der Waals surface area contributed by atoms with E-state index in [1.54, 1.807) is 23.1 Å². The first-order valence-electron chi connectivity index (χ1n) is 9.95. The summed E-state index contributed by atoms with van der Waals surface area (Å²) in [6, 6.07) is 16.2. The molecule has 3 rings (SSSR count). The molecule has 1 N–H and O–H groups in total. The van der Waals surface area contributed by atoms with E-state index in [9.17, 15) is 13.2 Å². The van der Waals surface area contributed by atoms with Gasteiger partial charge in [0.2, 0.25) is 10.0 Å². The number of nitrogens with one attached hydrogen (secondary N) is 1. The van der Waals surface area contributed by atoms with Crippen molar-refractivity contribution in [3.8, 4) is 0 Å². The molecule has 0 heterocycles. The molecule has 1 aliphatic rings. The quantitative estimate of drug-likeness (QED) is 0.729. The minimum absolute atomic E-state index is 0.000900. The first-order chi connectivity index (χ1) is 13.5. The number of hydrogen-bond donors (Lipinski definition) is 1. The van der Waals surface area contributed by atoms with Crippen LogP contribution < -0.4 is 4.72 Å². The summed E-state index contributed by atoms with van der Waals surface area (Å²) in [5.41, 5.74) is 1.45. The van der Waals surface area contributed by atoms with Gasteiger partial charge < -0.3 is 4.90 Å². The van der Waals surface area contributed by atoms with Gasteiger partial charge in [-0.1, -0.05) is 56.2 Å². The van der Waals surface area contributed by atoms with Crippen LogP contribution in [-0.2, 0) is 16.6 Å². The first-order valence-corrected chi connectivity index (χ1v) is 11.4. The van der Waals surface area contributed by atoms with E-state index in [4.69, 9.17) is 0 Å². The molecule has 1 aliphatic carbocycles. The van der Waals surface area contributed by atoms with E-state index in [-0.39, 0.29) is 16.8 Å². The number of rotatable bonds is 8. The van der Waals surface area contributed by atoms with Crippen LogP contribution in [0.3, 0.4) is 0 Å². The third-order valence-electron chi connectivity index (χ3n) is 5.07. The van der Waals surface area contributed by atoms with Crippen LogP contribution in [0.1, 0.15) is 54.9 Å². The van der Waals surface area contributed by atoms with Crippen LogP contribution >= 0.6 is 0 Å². The molecule has 2 aromatic rings. The maximum atomic E-state index is 13.1. The van der Waals surface area contributed by atoms with Crippen molar-refractivity contribution in [3.63, 3.8) is 0 Å². The summed E-state index contributed by atoms with van der Waals surface area (Å²) in [7, 11) is -3.62. The van der Waals surface area contributed by atoms with Crippen molar-refractivity contribution < 1.29 is 13.2 Å². The zero-order chi connectivity index (χ0) is 20.0. The molecule has 0 saturated heterocycles. The zero-order valence-electron chi connectivity index (χ0n) is 16.3. The van der Waals surface area contributed by atoms with Gasteiger partial charge in [0.05, 0.1) is 4.90 Å². The molecule has 28 heavy (non-hydrogen) atoms. The molecule has 0 bridgehead atoms.